The van der Waals surface area contributed by atoms with Crippen molar-refractivity contribution in [2.75, 3.05) is 31.6 Å². The van der Waals surface area contributed by atoms with Crippen LogP contribution in [0.3, 0.4) is 0 Å². The molecular weight excluding hydrogens is 392 g/mol. The lowest BCUT2D eigenvalue weighted by atomic mass is 10.1. The number of carbonyl (C=O) groups is 1. The fourth-order valence-electron chi connectivity index (χ4n) is 3.75. The SMILES string of the molecule is COc1cccc(C(=O)N2CCN(c3cc(Oc4cccc(C)c4)ncn3)CC2C)c1. The van der Waals surface area contributed by atoms with Crippen molar-refractivity contribution >= 4 is 11.7 Å². The van der Waals surface area contributed by atoms with E-state index in [0.29, 0.717) is 36.8 Å². The van der Waals surface area contributed by atoms with Crippen molar-refractivity contribution in [1.82, 2.24) is 14.9 Å². The number of ether oxygens (including phenoxy) is 2. The highest BCUT2D eigenvalue weighted by Crippen LogP contribution is 2.25. The molecule has 31 heavy (non-hydrogen) atoms. The van der Waals surface area contributed by atoms with Crippen LogP contribution in [0.5, 0.6) is 17.4 Å². The van der Waals surface area contributed by atoms with E-state index in [2.05, 4.69) is 21.8 Å². The van der Waals surface area contributed by atoms with Crippen LogP contribution in [0.2, 0.25) is 0 Å². The molecule has 1 fully saturated rings. The molecule has 160 valence electrons. The van der Waals surface area contributed by atoms with Gasteiger partial charge in [-0.3, -0.25) is 4.79 Å². The Hall–Kier alpha value is -3.61. The average molecular weight is 418 g/mol. The Balaban J connectivity index is 1.44. The van der Waals surface area contributed by atoms with Crippen LogP contribution in [-0.2, 0) is 0 Å². The maximum atomic E-state index is 13.0. The zero-order chi connectivity index (χ0) is 21.8. The van der Waals surface area contributed by atoms with Crippen molar-refractivity contribution in [1.29, 1.82) is 0 Å². The quantitative estimate of drug-likeness (QED) is 0.625. The summed E-state index contributed by atoms with van der Waals surface area (Å²) in [6, 6.07) is 17.0. The second kappa shape index (κ2) is 9.04. The summed E-state index contributed by atoms with van der Waals surface area (Å²) in [7, 11) is 1.60. The minimum atomic E-state index is 0.0113. The number of rotatable bonds is 5. The maximum Gasteiger partial charge on any atom is 0.254 e. The van der Waals surface area contributed by atoms with Crippen LogP contribution in [-0.4, -0.2) is 53.6 Å². The number of nitrogens with zero attached hydrogens (tertiary/aromatic N) is 4. The van der Waals surface area contributed by atoms with Gasteiger partial charge in [0.2, 0.25) is 5.88 Å². The molecule has 7 heteroatoms. The van der Waals surface area contributed by atoms with E-state index in [1.165, 1.54) is 6.33 Å². The number of methoxy groups -OCH3 is 1. The van der Waals surface area contributed by atoms with E-state index in [9.17, 15) is 4.79 Å². The van der Waals surface area contributed by atoms with Gasteiger partial charge in [0.1, 0.15) is 23.6 Å². The van der Waals surface area contributed by atoms with Gasteiger partial charge in [-0.1, -0.05) is 18.2 Å². The predicted octanol–water partition coefficient (Wildman–Crippen LogP) is 3.94. The number of amides is 1. The molecule has 1 saturated heterocycles. The molecule has 7 nitrogen and oxygen atoms in total. The average Bonchev–Trinajstić information content (AvgIpc) is 2.79. The molecule has 3 aromatic rings. The van der Waals surface area contributed by atoms with Gasteiger partial charge in [0.05, 0.1) is 7.11 Å². The van der Waals surface area contributed by atoms with E-state index in [0.717, 1.165) is 17.1 Å². The van der Waals surface area contributed by atoms with Crippen LogP contribution in [0, 0.1) is 6.92 Å². The summed E-state index contributed by atoms with van der Waals surface area (Å²) in [5, 5.41) is 0. The number of carbonyl (C=O) groups excluding carboxylic acids is 1. The number of aryl methyl sites for hydroxylation is 1. The molecule has 1 unspecified atom stereocenters. The maximum absolute atomic E-state index is 13.0. The van der Waals surface area contributed by atoms with Crippen molar-refractivity contribution in [2.45, 2.75) is 19.9 Å². The smallest absolute Gasteiger partial charge is 0.254 e. The van der Waals surface area contributed by atoms with E-state index in [-0.39, 0.29) is 11.9 Å². The first-order valence-electron chi connectivity index (χ1n) is 10.3. The third-order valence-corrected chi connectivity index (χ3v) is 5.37. The molecule has 0 N–H and O–H groups in total. The zero-order valence-corrected chi connectivity index (χ0v) is 18.0. The molecule has 4 rings (SSSR count). The lowest BCUT2D eigenvalue weighted by Gasteiger charge is -2.40. The highest BCUT2D eigenvalue weighted by Gasteiger charge is 2.29. The molecule has 0 spiro atoms. The molecule has 0 bridgehead atoms. The second-order valence-electron chi connectivity index (χ2n) is 7.66. The molecular formula is C24H26N4O3. The standard InChI is InChI=1S/C24H26N4O3/c1-17-6-4-9-21(12-17)31-23-14-22(25-16-26-23)27-10-11-28(18(2)15-27)24(29)19-7-5-8-20(13-19)30-3/h4-9,12-14,16,18H,10-11,15H2,1-3H3. The highest BCUT2D eigenvalue weighted by atomic mass is 16.5. The van der Waals surface area contributed by atoms with E-state index in [1.54, 1.807) is 13.2 Å². The Labute approximate surface area is 182 Å². The predicted molar refractivity (Wildman–Crippen MR) is 119 cm³/mol. The van der Waals surface area contributed by atoms with Gasteiger partial charge in [-0.15, -0.1) is 0 Å². The van der Waals surface area contributed by atoms with E-state index in [1.807, 2.05) is 60.4 Å². The van der Waals surface area contributed by atoms with Gasteiger partial charge in [-0.25, -0.2) is 9.97 Å². The number of aromatic nitrogens is 2. The molecule has 0 aliphatic carbocycles. The van der Waals surface area contributed by atoms with Crippen LogP contribution in [0.25, 0.3) is 0 Å². The lowest BCUT2D eigenvalue weighted by Crippen LogP contribution is -2.54. The summed E-state index contributed by atoms with van der Waals surface area (Å²) in [6.07, 6.45) is 1.51. The van der Waals surface area contributed by atoms with Gasteiger partial charge in [-0.2, -0.15) is 0 Å². The topological polar surface area (TPSA) is 67.8 Å². The Morgan fingerprint density at radius 3 is 2.61 bits per heavy atom. The largest absolute Gasteiger partial charge is 0.497 e. The van der Waals surface area contributed by atoms with Gasteiger partial charge in [0, 0.05) is 37.3 Å². The van der Waals surface area contributed by atoms with E-state index >= 15 is 0 Å². The van der Waals surface area contributed by atoms with Crippen molar-refractivity contribution in [3.8, 4) is 17.4 Å². The Kier molecular flexibility index (Phi) is 6.02. The normalized spacial score (nSPS) is 16.2. The summed E-state index contributed by atoms with van der Waals surface area (Å²) in [4.78, 5) is 25.7. The molecule has 0 radical (unpaired) electrons. The fraction of sp³-hybridized carbons (Fsp3) is 0.292. The summed E-state index contributed by atoms with van der Waals surface area (Å²) < 4.78 is 11.2. The van der Waals surface area contributed by atoms with Gasteiger partial charge >= 0.3 is 0 Å². The number of piperazine rings is 1. The van der Waals surface area contributed by atoms with Crippen molar-refractivity contribution in [3.63, 3.8) is 0 Å². The van der Waals surface area contributed by atoms with Crippen LogP contribution in [0.1, 0.15) is 22.8 Å². The molecule has 1 aromatic heterocycles. The molecule has 2 aromatic carbocycles. The Morgan fingerprint density at radius 1 is 1.03 bits per heavy atom. The number of anilines is 1. The van der Waals surface area contributed by atoms with Crippen LogP contribution in [0.4, 0.5) is 5.82 Å². The third kappa shape index (κ3) is 4.77. The van der Waals surface area contributed by atoms with Gasteiger partial charge in [0.25, 0.3) is 5.91 Å². The van der Waals surface area contributed by atoms with Crippen LogP contribution in [0.15, 0.2) is 60.9 Å². The minimum Gasteiger partial charge on any atom is -0.497 e. The van der Waals surface area contributed by atoms with Gasteiger partial charge in [0.15, 0.2) is 0 Å². The first-order chi connectivity index (χ1) is 15.0. The van der Waals surface area contributed by atoms with E-state index in [4.69, 9.17) is 9.47 Å². The highest BCUT2D eigenvalue weighted by molar-refractivity contribution is 5.95. The molecule has 2 heterocycles. The van der Waals surface area contributed by atoms with Crippen LogP contribution < -0.4 is 14.4 Å². The second-order valence-corrected chi connectivity index (χ2v) is 7.66. The van der Waals surface area contributed by atoms with Gasteiger partial charge < -0.3 is 19.3 Å². The molecule has 0 saturated carbocycles. The van der Waals surface area contributed by atoms with Crippen LogP contribution >= 0.6 is 0 Å². The summed E-state index contributed by atoms with van der Waals surface area (Å²) >= 11 is 0. The van der Waals surface area contributed by atoms with Crippen molar-refractivity contribution in [3.05, 3.63) is 72.1 Å². The minimum absolute atomic E-state index is 0.0113. The van der Waals surface area contributed by atoms with E-state index < -0.39 is 0 Å². The number of hydrogen-bond donors (Lipinski definition) is 0. The first-order valence-corrected chi connectivity index (χ1v) is 10.3. The zero-order valence-electron chi connectivity index (χ0n) is 18.0. The monoisotopic (exact) mass is 418 g/mol. The first kappa shape index (κ1) is 20.7. The summed E-state index contributed by atoms with van der Waals surface area (Å²) in [6.45, 7) is 6.04. The van der Waals surface area contributed by atoms with Crippen molar-refractivity contribution < 1.29 is 14.3 Å². The molecule has 1 atom stereocenters. The molecule has 1 aliphatic heterocycles. The summed E-state index contributed by atoms with van der Waals surface area (Å²) in [5.41, 5.74) is 1.76. The lowest BCUT2D eigenvalue weighted by molar-refractivity contribution is 0.0673. The molecule has 1 aliphatic rings. The van der Waals surface area contributed by atoms with Crippen molar-refractivity contribution in [2.24, 2.45) is 0 Å². The molecule has 1 amide bonds. The Morgan fingerprint density at radius 2 is 1.84 bits per heavy atom. The summed E-state index contributed by atoms with van der Waals surface area (Å²) in [5.74, 6) is 2.72. The number of benzene rings is 2. The third-order valence-electron chi connectivity index (χ3n) is 5.37. The fourth-order valence-corrected chi connectivity index (χ4v) is 3.75. The Bertz CT molecular complexity index is 1070. The van der Waals surface area contributed by atoms with Gasteiger partial charge in [-0.05, 0) is 49.7 Å². The number of hydrogen-bond acceptors (Lipinski definition) is 6.